The van der Waals surface area contributed by atoms with Crippen molar-refractivity contribution in [2.75, 3.05) is 19.0 Å². The van der Waals surface area contributed by atoms with Gasteiger partial charge < -0.3 is 15.4 Å². The lowest BCUT2D eigenvalue weighted by atomic mass is 10.3. The second-order valence-electron chi connectivity index (χ2n) is 3.68. The zero-order valence-corrected chi connectivity index (χ0v) is 11.9. The Morgan fingerprint density at radius 2 is 2.26 bits per heavy atom. The quantitative estimate of drug-likeness (QED) is 0.498. The minimum atomic E-state index is -0.442. The average molecular weight is 305 g/mol. The van der Waals surface area contributed by atoms with Crippen molar-refractivity contribution in [2.45, 2.75) is 12.8 Å². The minimum Gasteiger partial charge on any atom is -0.469 e. The smallest absolute Gasteiger partial charge is 0.305 e. The Morgan fingerprint density at radius 3 is 2.95 bits per heavy atom. The first kappa shape index (κ1) is 15.7. The fourth-order valence-corrected chi connectivity index (χ4v) is 1.68. The molecule has 0 amide bonds. The van der Waals surface area contributed by atoms with Gasteiger partial charge in [-0.25, -0.2) is 4.39 Å². The fourth-order valence-electron chi connectivity index (χ4n) is 1.30. The topological polar surface area (TPSA) is 50.4 Å². The highest BCUT2D eigenvalue weighted by Crippen LogP contribution is 2.19. The van der Waals surface area contributed by atoms with Gasteiger partial charge in [-0.2, -0.15) is 0 Å². The minimum absolute atomic E-state index is 0.206. The zero-order chi connectivity index (χ0) is 14.3. The lowest BCUT2D eigenvalue weighted by Gasteiger charge is -2.11. The second kappa shape index (κ2) is 7.91. The van der Waals surface area contributed by atoms with Crippen LogP contribution in [0.5, 0.6) is 0 Å². The molecular formula is C12H14ClFN2O2S. The molecule has 2 N–H and O–H groups in total. The molecule has 1 aromatic carbocycles. The maximum Gasteiger partial charge on any atom is 0.305 e. The number of carbonyl (C=O) groups is 1. The normalized spacial score (nSPS) is 9.84. The molecule has 0 atom stereocenters. The average Bonchev–Trinajstić information content (AvgIpc) is 2.38. The molecule has 0 aliphatic heterocycles. The maximum absolute atomic E-state index is 13.4. The van der Waals surface area contributed by atoms with Crippen molar-refractivity contribution in [3.05, 3.63) is 29.0 Å². The van der Waals surface area contributed by atoms with Gasteiger partial charge in [-0.15, -0.1) is 0 Å². The van der Waals surface area contributed by atoms with Gasteiger partial charge in [0.05, 0.1) is 12.8 Å². The zero-order valence-electron chi connectivity index (χ0n) is 10.3. The molecule has 0 spiro atoms. The molecule has 0 saturated heterocycles. The molecule has 104 valence electrons. The predicted octanol–water partition coefficient (Wildman–Crippen LogP) is 2.72. The largest absolute Gasteiger partial charge is 0.469 e. The summed E-state index contributed by atoms with van der Waals surface area (Å²) in [5.74, 6) is -0.718. The molecule has 0 bridgehead atoms. The van der Waals surface area contributed by atoms with Gasteiger partial charge in [-0.1, -0.05) is 11.6 Å². The van der Waals surface area contributed by atoms with E-state index in [1.165, 1.54) is 25.3 Å². The van der Waals surface area contributed by atoms with Crippen LogP contribution >= 0.6 is 23.8 Å². The summed E-state index contributed by atoms with van der Waals surface area (Å²) >= 11 is 10.8. The number of benzene rings is 1. The molecule has 19 heavy (non-hydrogen) atoms. The van der Waals surface area contributed by atoms with Crippen LogP contribution in [0.15, 0.2) is 18.2 Å². The molecule has 1 aromatic rings. The van der Waals surface area contributed by atoms with Gasteiger partial charge in [-0.3, -0.25) is 4.79 Å². The molecule has 7 heteroatoms. The van der Waals surface area contributed by atoms with E-state index in [9.17, 15) is 9.18 Å². The molecule has 0 saturated carbocycles. The van der Waals surface area contributed by atoms with E-state index in [-0.39, 0.29) is 16.8 Å². The molecule has 0 aliphatic carbocycles. The lowest BCUT2D eigenvalue weighted by molar-refractivity contribution is -0.140. The Bertz CT molecular complexity index is 471. The van der Waals surface area contributed by atoms with Crippen molar-refractivity contribution in [2.24, 2.45) is 0 Å². The van der Waals surface area contributed by atoms with Gasteiger partial charge in [0, 0.05) is 18.0 Å². The summed E-state index contributed by atoms with van der Waals surface area (Å²) in [6.45, 7) is 0.489. The van der Waals surface area contributed by atoms with E-state index in [0.717, 1.165) is 0 Å². The van der Waals surface area contributed by atoms with Gasteiger partial charge in [0.2, 0.25) is 0 Å². The Hall–Kier alpha value is -1.40. The predicted molar refractivity (Wildman–Crippen MR) is 76.9 cm³/mol. The van der Waals surface area contributed by atoms with Crippen LogP contribution in [0.4, 0.5) is 10.1 Å². The van der Waals surface area contributed by atoms with Gasteiger partial charge in [0.1, 0.15) is 5.82 Å². The summed E-state index contributed by atoms with van der Waals surface area (Å²) in [5.41, 5.74) is 0.206. The first-order chi connectivity index (χ1) is 9.02. The van der Waals surface area contributed by atoms with Crippen molar-refractivity contribution in [3.63, 3.8) is 0 Å². The fraction of sp³-hybridized carbons (Fsp3) is 0.333. The lowest BCUT2D eigenvalue weighted by Crippen LogP contribution is -2.29. The SMILES string of the molecule is COC(=O)CCCNC(=S)Nc1cc(Cl)ccc1F. The summed E-state index contributed by atoms with van der Waals surface area (Å²) in [6, 6.07) is 4.15. The molecule has 0 unspecified atom stereocenters. The summed E-state index contributed by atoms with van der Waals surface area (Å²) in [7, 11) is 1.34. The van der Waals surface area contributed by atoms with E-state index in [1.54, 1.807) is 0 Å². The molecule has 4 nitrogen and oxygen atoms in total. The monoisotopic (exact) mass is 304 g/mol. The number of ether oxygens (including phenoxy) is 1. The Morgan fingerprint density at radius 1 is 1.53 bits per heavy atom. The standard InChI is InChI=1S/C12H14ClFN2O2S/c1-18-11(17)3-2-6-15-12(19)16-10-7-8(13)4-5-9(10)14/h4-5,7H,2-3,6H2,1H3,(H2,15,16,19). The van der Waals surface area contributed by atoms with E-state index in [1.807, 2.05) is 0 Å². The van der Waals surface area contributed by atoms with Crippen LogP contribution in [0.3, 0.4) is 0 Å². The third-order valence-corrected chi connectivity index (χ3v) is 2.73. The van der Waals surface area contributed by atoms with Crippen LogP contribution in [0.2, 0.25) is 5.02 Å². The Labute approximate surface area is 121 Å². The highest BCUT2D eigenvalue weighted by molar-refractivity contribution is 7.80. The van der Waals surface area contributed by atoms with Crippen molar-refractivity contribution < 1.29 is 13.9 Å². The number of thiocarbonyl (C=S) groups is 1. The molecule has 0 radical (unpaired) electrons. The highest BCUT2D eigenvalue weighted by Gasteiger charge is 2.05. The van der Waals surface area contributed by atoms with Crippen molar-refractivity contribution in [1.29, 1.82) is 0 Å². The molecule has 0 aromatic heterocycles. The van der Waals surface area contributed by atoms with E-state index >= 15 is 0 Å². The molecular weight excluding hydrogens is 291 g/mol. The number of methoxy groups -OCH3 is 1. The summed E-state index contributed by atoms with van der Waals surface area (Å²) in [4.78, 5) is 10.9. The van der Waals surface area contributed by atoms with Crippen LogP contribution in [-0.4, -0.2) is 24.7 Å². The van der Waals surface area contributed by atoms with Crippen LogP contribution in [0.1, 0.15) is 12.8 Å². The first-order valence-corrected chi connectivity index (χ1v) is 6.38. The Balaban J connectivity index is 2.35. The number of esters is 1. The molecule has 0 aliphatic rings. The van der Waals surface area contributed by atoms with E-state index in [0.29, 0.717) is 24.4 Å². The van der Waals surface area contributed by atoms with Crippen LogP contribution in [-0.2, 0) is 9.53 Å². The second-order valence-corrected chi connectivity index (χ2v) is 4.53. The van der Waals surface area contributed by atoms with E-state index in [4.69, 9.17) is 23.8 Å². The van der Waals surface area contributed by atoms with Crippen LogP contribution in [0.25, 0.3) is 0 Å². The third kappa shape index (κ3) is 5.85. The van der Waals surface area contributed by atoms with Crippen molar-refractivity contribution in [3.8, 4) is 0 Å². The van der Waals surface area contributed by atoms with Crippen LogP contribution < -0.4 is 10.6 Å². The number of hydrogen-bond acceptors (Lipinski definition) is 3. The first-order valence-electron chi connectivity index (χ1n) is 5.59. The Kier molecular flexibility index (Phi) is 6.52. The number of nitrogens with one attached hydrogen (secondary N) is 2. The summed E-state index contributed by atoms with van der Waals surface area (Å²) in [6.07, 6.45) is 0.879. The third-order valence-electron chi connectivity index (χ3n) is 2.25. The molecule has 1 rings (SSSR count). The van der Waals surface area contributed by atoms with Gasteiger partial charge in [-0.05, 0) is 36.8 Å². The van der Waals surface area contributed by atoms with E-state index in [2.05, 4.69) is 15.4 Å². The number of rotatable bonds is 5. The number of halogens is 2. The van der Waals surface area contributed by atoms with Crippen molar-refractivity contribution >= 4 is 40.6 Å². The summed E-state index contributed by atoms with van der Waals surface area (Å²) in [5, 5.41) is 6.24. The number of carbonyl (C=O) groups excluding carboxylic acids is 1. The number of hydrogen-bond donors (Lipinski definition) is 2. The van der Waals surface area contributed by atoms with E-state index < -0.39 is 5.82 Å². The van der Waals surface area contributed by atoms with Crippen LogP contribution in [0, 0.1) is 5.82 Å². The van der Waals surface area contributed by atoms with Crippen molar-refractivity contribution in [1.82, 2.24) is 5.32 Å². The summed E-state index contributed by atoms with van der Waals surface area (Å²) < 4.78 is 17.9. The van der Waals surface area contributed by atoms with Gasteiger partial charge in [0.25, 0.3) is 0 Å². The molecule has 0 heterocycles. The maximum atomic E-state index is 13.4. The van der Waals surface area contributed by atoms with Gasteiger partial charge >= 0.3 is 5.97 Å². The number of anilines is 1. The highest BCUT2D eigenvalue weighted by atomic mass is 35.5. The van der Waals surface area contributed by atoms with Gasteiger partial charge in [0.15, 0.2) is 5.11 Å². The molecule has 0 fully saturated rings.